The van der Waals surface area contributed by atoms with Crippen molar-refractivity contribution < 1.29 is 19.7 Å². The van der Waals surface area contributed by atoms with Gasteiger partial charge in [0.1, 0.15) is 0 Å². The first-order chi connectivity index (χ1) is 6.62. The third kappa shape index (κ3) is 8.44. The monoisotopic (exact) mass is 206 g/mol. The normalized spacial score (nSPS) is 12.0. The number of rotatable bonds is 9. The lowest BCUT2D eigenvalue weighted by molar-refractivity contribution is -0.340. The molecule has 4 heteroatoms. The van der Waals surface area contributed by atoms with Gasteiger partial charge in [0.15, 0.2) is 0 Å². The van der Waals surface area contributed by atoms with Gasteiger partial charge in [-0.1, -0.05) is 26.7 Å². The van der Waals surface area contributed by atoms with Crippen LogP contribution in [0.15, 0.2) is 0 Å². The molecule has 0 heterocycles. The van der Waals surface area contributed by atoms with Gasteiger partial charge >= 0.3 is 0 Å². The van der Waals surface area contributed by atoms with Crippen LogP contribution in [0, 0.1) is 0 Å². The molecule has 0 bridgehead atoms. The Balaban J connectivity index is 3.13. The summed E-state index contributed by atoms with van der Waals surface area (Å²) in [4.78, 5) is 0. The van der Waals surface area contributed by atoms with Gasteiger partial charge in [0, 0.05) is 13.0 Å². The highest BCUT2D eigenvalue weighted by molar-refractivity contribution is 4.45. The van der Waals surface area contributed by atoms with E-state index in [2.05, 4.69) is 6.92 Å². The topological polar surface area (TPSA) is 58.9 Å². The van der Waals surface area contributed by atoms with Crippen molar-refractivity contribution >= 4 is 0 Å². The van der Waals surface area contributed by atoms with E-state index in [9.17, 15) is 0 Å². The first kappa shape index (κ1) is 13.8. The highest BCUT2D eigenvalue weighted by atomic mass is 16.8. The molecule has 0 rings (SSSR count). The van der Waals surface area contributed by atoms with Gasteiger partial charge < -0.3 is 19.7 Å². The maximum Gasteiger partial charge on any atom is 0.277 e. The van der Waals surface area contributed by atoms with Crippen molar-refractivity contribution in [3.63, 3.8) is 0 Å². The molecule has 0 aliphatic rings. The smallest absolute Gasteiger partial charge is 0.277 e. The second-order valence-electron chi connectivity index (χ2n) is 3.26. The summed E-state index contributed by atoms with van der Waals surface area (Å²) in [6, 6.07) is 0. The molecule has 14 heavy (non-hydrogen) atoms. The zero-order valence-corrected chi connectivity index (χ0v) is 9.16. The van der Waals surface area contributed by atoms with Crippen molar-refractivity contribution in [1.29, 1.82) is 0 Å². The Kier molecular flexibility index (Phi) is 8.08. The van der Waals surface area contributed by atoms with Crippen LogP contribution in [0.3, 0.4) is 0 Å². The van der Waals surface area contributed by atoms with Crippen molar-refractivity contribution in [2.75, 3.05) is 19.8 Å². The largest absolute Gasteiger partial charge is 0.379 e. The molecule has 0 saturated heterocycles. The summed E-state index contributed by atoms with van der Waals surface area (Å²) in [6.45, 7) is 5.12. The van der Waals surface area contributed by atoms with Crippen molar-refractivity contribution in [3.05, 3.63) is 0 Å². The number of unbranched alkanes of at least 4 members (excludes halogenated alkanes) is 2. The Morgan fingerprint density at radius 3 is 2.29 bits per heavy atom. The minimum Gasteiger partial charge on any atom is -0.379 e. The molecule has 0 aromatic heterocycles. The molecule has 0 saturated carbocycles. The van der Waals surface area contributed by atoms with E-state index in [1.165, 1.54) is 12.8 Å². The summed E-state index contributed by atoms with van der Waals surface area (Å²) in [5.41, 5.74) is 0. The molecular weight excluding hydrogens is 184 g/mol. The van der Waals surface area contributed by atoms with Gasteiger partial charge in [0.25, 0.3) is 5.97 Å². The molecule has 0 unspecified atom stereocenters. The standard InChI is InChI=1S/C10H22O4/c1-3-5-6-7-13-8-9-14-10(11,12)4-2/h11-12H,3-9H2,1-2H3. The lowest BCUT2D eigenvalue weighted by Crippen LogP contribution is -2.32. The van der Waals surface area contributed by atoms with E-state index in [0.29, 0.717) is 13.2 Å². The molecule has 0 aromatic rings. The number of hydrogen-bond acceptors (Lipinski definition) is 4. The van der Waals surface area contributed by atoms with Crippen LogP contribution in [-0.2, 0) is 9.47 Å². The van der Waals surface area contributed by atoms with E-state index in [4.69, 9.17) is 19.7 Å². The molecule has 0 radical (unpaired) electrons. The zero-order valence-electron chi connectivity index (χ0n) is 9.16. The lowest BCUT2D eigenvalue weighted by atomic mass is 10.3. The molecule has 0 amide bonds. The highest BCUT2D eigenvalue weighted by Gasteiger charge is 2.19. The first-order valence-electron chi connectivity index (χ1n) is 5.29. The average molecular weight is 206 g/mol. The van der Waals surface area contributed by atoms with Crippen LogP contribution in [0.25, 0.3) is 0 Å². The van der Waals surface area contributed by atoms with Crippen LogP contribution in [0.1, 0.15) is 39.5 Å². The molecular formula is C10H22O4. The van der Waals surface area contributed by atoms with Crippen LogP contribution >= 0.6 is 0 Å². The van der Waals surface area contributed by atoms with Gasteiger partial charge in [-0.15, -0.1) is 0 Å². The fourth-order valence-electron chi connectivity index (χ4n) is 0.922. The van der Waals surface area contributed by atoms with Gasteiger partial charge in [0.05, 0.1) is 13.2 Å². The molecule has 2 N–H and O–H groups in total. The van der Waals surface area contributed by atoms with Gasteiger partial charge in [0.2, 0.25) is 0 Å². The molecule has 0 atom stereocenters. The first-order valence-corrected chi connectivity index (χ1v) is 5.29. The lowest BCUT2D eigenvalue weighted by Gasteiger charge is -2.19. The van der Waals surface area contributed by atoms with Crippen molar-refractivity contribution in [3.8, 4) is 0 Å². The van der Waals surface area contributed by atoms with Crippen LogP contribution in [-0.4, -0.2) is 36.0 Å². The van der Waals surface area contributed by atoms with Gasteiger partial charge in [-0.25, -0.2) is 0 Å². The van der Waals surface area contributed by atoms with E-state index < -0.39 is 5.97 Å². The van der Waals surface area contributed by atoms with Gasteiger partial charge in [-0.05, 0) is 6.42 Å². The third-order valence-electron chi connectivity index (χ3n) is 1.91. The molecule has 86 valence electrons. The molecule has 0 aliphatic heterocycles. The Hall–Kier alpha value is -0.160. The fourth-order valence-corrected chi connectivity index (χ4v) is 0.922. The van der Waals surface area contributed by atoms with Crippen LogP contribution in [0.4, 0.5) is 0 Å². The summed E-state index contributed by atoms with van der Waals surface area (Å²) in [7, 11) is 0. The summed E-state index contributed by atoms with van der Waals surface area (Å²) >= 11 is 0. The maximum absolute atomic E-state index is 9.04. The summed E-state index contributed by atoms with van der Waals surface area (Å²) in [5, 5.41) is 18.1. The Morgan fingerprint density at radius 2 is 1.71 bits per heavy atom. The van der Waals surface area contributed by atoms with Crippen molar-refractivity contribution in [1.82, 2.24) is 0 Å². The van der Waals surface area contributed by atoms with E-state index in [0.717, 1.165) is 6.42 Å². The van der Waals surface area contributed by atoms with Gasteiger partial charge in [-0.2, -0.15) is 0 Å². The van der Waals surface area contributed by atoms with Crippen LogP contribution in [0.5, 0.6) is 0 Å². The summed E-state index contributed by atoms with van der Waals surface area (Å²) < 4.78 is 10.00. The van der Waals surface area contributed by atoms with E-state index in [1.807, 2.05) is 0 Å². The van der Waals surface area contributed by atoms with Gasteiger partial charge in [-0.3, -0.25) is 0 Å². The molecule has 4 nitrogen and oxygen atoms in total. The van der Waals surface area contributed by atoms with E-state index >= 15 is 0 Å². The number of hydrogen-bond donors (Lipinski definition) is 2. The maximum atomic E-state index is 9.04. The predicted octanol–water partition coefficient (Wildman–Crippen LogP) is 1.26. The fraction of sp³-hybridized carbons (Fsp3) is 1.00. The van der Waals surface area contributed by atoms with Crippen LogP contribution < -0.4 is 0 Å². The zero-order chi connectivity index (χ0) is 10.9. The second-order valence-corrected chi connectivity index (χ2v) is 3.26. The summed E-state index contributed by atoms with van der Waals surface area (Å²) in [6.07, 6.45) is 3.54. The number of aliphatic hydroxyl groups is 2. The average Bonchev–Trinajstić information content (AvgIpc) is 2.16. The minimum absolute atomic E-state index is 0.156. The Morgan fingerprint density at radius 1 is 1.00 bits per heavy atom. The quantitative estimate of drug-likeness (QED) is 0.440. The Labute approximate surface area is 85.8 Å². The summed E-state index contributed by atoms with van der Waals surface area (Å²) in [5.74, 6) is -1.99. The highest BCUT2D eigenvalue weighted by Crippen LogP contribution is 2.05. The second kappa shape index (κ2) is 8.17. The minimum atomic E-state index is -1.99. The third-order valence-corrected chi connectivity index (χ3v) is 1.91. The van der Waals surface area contributed by atoms with E-state index in [-0.39, 0.29) is 13.0 Å². The van der Waals surface area contributed by atoms with Crippen LogP contribution in [0.2, 0.25) is 0 Å². The molecule has 0 spiro atoms. The van der Waals surface area contributed by atoms with E-state index in [1.54, 1.807) is 6.92 Å². The number of ether oxygens (including phenoxy) is 2. The SMILES string of the molecule is CCCCCOCCOC(O)(O)CC. The van der Waals surface area contributed by atoms with Crippen molar-refractivity contribution in [2.45, 2.75) is 45.5 Å². The predicted molar refractivity (Wildman–Crippen MR) is 53.8 cm³/mol. The molecule has 0 aliphatic carbocycles. The molecule has 0 fully saturated rings. The van der Waals surface area contributed by atoms with Crippen molar-refractivity contribution in [2.24, 2.45) is 0 Å². The molecule has 0 aromatic carbocycles. The Bertz CT molecular complexity index is 125.